The van der Waals surface area contributed by atoms with Crippen LogP contribution in [0, 0.1) is 0 Å². The van der Waals surface area contributed by atoms with E-state index in [9.17, 15) is 14.4 Å². The molecule has 0 radical (unpaired) electrons. The number of benzene rings is 1. The Kier molecular flexibility index (Phi) is 4.46. The zero-order valence-corrected chi connectivity index (χ0v) is 15.7. The van der Waals surface area contributed by atoms with Crippen molar-refractivity contribution < 1.29 is 9.53 Å². The minimum absolute atomic E-state index is 0.173. The first-order chi connectivity index (χ1) is 13.5. The Morgan fingerprint density at radius 3 is 2.61 bits per heavy atom. The van der Waals surface area contributed by atoms with Gasteiger partial charge in [0.15, 0.2) is 5.69 Å². The highest BCUT2D eigenvalue weighted by Crippen LogP contribution is 2.28. The maximum atomic E-state index is 12.7. The third-order valence-electron chi connectivity index (χ3n) is 5.10. The van der Waals surface area contributed by atoms with Gasteiger partial charge in [0, 0.05) is 31.4 Å². The highest BCUT2D eigenvalue weighted by atomic mass is 16.5. The lowest BCUT2D eigenvalue weighted by Gasteiger charge is -2.09. The molecule has 0 aliphatic heterocycles. The first kappa shape index (κ1) is 18.0. The first-order valence-corrected chi connectivity index (χ1v) is 9.06. The summed E-state index contributed by atoms with van der Waals surface area (Å²) in [5.74, 6) is -0.555. The molecular weight excluding hydrogens is 360 g/mol. The second-order valence-electron chi connectivity index (χ2n) is 6.83. The SMILES string of the molecule is Cn1c(COC(=O)c2nn(-c3ccccc3)c3c2CCC3)cc(=O)n(C)c1=O. The van der Waals surface area contributed by atoms with Gasteiger partial charge in [-0.3, -0.25) is 13.9 Å². The number of para-hydroxylation sites is 1. The number of esters is 1. The van der Waals surface area contributed by atoms with E-state index in [0.29, 0.717) is 11.4 Å². The van der Waals surface area contributed by atoms with Crippen LogP contribution in [-0.2, 0) is 38.3 Å². The summed E-state index contributed by atoms with van der Waals surface area (Å²) in [6.07, 6.45) is 2.59. The van der Waals surface area contributed by atoms with Gasteiger partial charge in [0.2, 0.25) is 0 Å². The van der Waals surface area contributed by atoms with Gasteiger partial charge in [0.1, 0.15) is 6.61 Å². The van der Waals surface area contributed by atoms with Gasteiger partial charge >= 0.3 is 11.7 Å². The normalized spacial score (nSPS) is 12.8. The van der Waals surface area contributed by atoms with E-state index in [1.165, 1.54) is 24.7 Å². The number of nitrogens with zero attached hydrogens (tertiary/aromatic N) is 4. The van der Waals surface area contributed by atoms with Crippen molar-refractivity contribution >= 4 is 5.97 Å². The maximum absolute atomic E-state index is 12.7. The molecule has 144 valence electrons. The molecule has 0 bridgehead atoms. The topological polar surface area (TPSA) is 88.1 Å². The summed E-state index contributed by atoms with van der Waals surface area (Å²) < 4.78 is 9.49. The first-order valence-electron chi connectivity index (χ1n) is 9.06. The fourth-order valence-electron chi connectivity index (χ4n) is 3.51. The van der Waals surface area contributed by atoms with Crippen molar-refractivity contribution in [2.24, 2.45) is 14.1 Å². The van der Waals surface area contributed by atoms with Crippen LogP contribution in [0.4, 0.5) is 0 Å². The van der Waals surface area contributed by atoms with Crippen LogP contribution in [0.25, 0.3) is 5.69 Å². The number of rotatable bonds is 4. The molecule has 0 unspecified atom stereocenters. The van der Waals surface area contributed by atoms with Crippen molar-refractivity contribution in [1.29, 1.82) is 0 Å². The van der Waals surface area contributed by atoms with Gasteiger partial charge in [-0.1, -0.05) is 18.2 Å². The monoisotopic (exact) mass is 380 g/mol. The summed E-state index contributed by atoms with van der Waals surface area (Å²) in [5, 5.41) is 4.49. The van der Waals surface area contributed by atoms with Gasteiger partial charge in [-0.05, 0) is 31.4 Å². The number of aromatic nitrogens is 4. The van der Waals surface area contributed by atoms with E-state index in [1.54, 1.807) is 4.68 Å². The number of carbonyl (C=O) groups excluding carboxylic acids is 1. The van der Waals surface area contributed by atoms with E-state index in [0.717, 1.165) is 40.8 Å². The summed E-state index contributed by atoms with van der Waals surface area (Å²) in [5.41, 5.74) is 2.56. The zero-order chi connectivity index (χ0) is 19.8. The number of hydrogen-bond acceptors (Lipinski definition) is 5. The molecule has 8 heteroatoms. The lowest BCUT2D eigenvalue weighted by molar-refractivity contribution is 0.0454. The summed E-state index contributed by atoms with van der Waals surface area (Å²) in [7, 11) is 2.94. The smallest absolute Gasteiger partial charge is 0.359 e. The third-order valence-corrected chi connectivity index (χ3v) is 5.10. The van der Waals surface area contributed by atoms with Crippen LogP contribution < -0.4 is 11.2 Å². The molecule has 1 aromatic carbocycles. The fraction of sp³-hybridized carbons (Fsp3) is 0.300. The Morgan fingerprint density at radius 1 is 1.11 bits per heavy atom. The molecule has 0 saturated heterocycles. The van der Waals surface area contributed by atoms with Crippen molar-refractivity contribution in [2.75, 3.05) is 0 Å². The molecule has 0 amide bonds. The predicted octanol–water partition coefficient (Wildman–Crippen LogP) is 1.12. The van der Waals surface area contributed by atoms with Crippen LogP contribution in [0.3, 0.4) is 0 Å². The van der Waals surface area contributed by atoms with Gasteiger partial charge in [0.25, 0.3) is 5.56 Å². The molecule has 8 nitrogen and oxygen atoms in total. The van der Waals surface area contributed by atoms with Gasteiger partial charge < -0.3 is 4.74 Å². The number of carbonyl (C=O) groups is 1. The fourth-order valence-corrected chi connectivity index (χ4v) is 3.51. The molecule has 3 aromatic rings. The van der Waals surface area contributed by atoms with E-state index in [4.69, 9.17) is 4.74 Å². The Labute approximate surface area is 160 Å². The largest absolute Gasteiger partial charge is 0.454 e. The van der Waals surface area contributed by atoms with E-state index in [2.05, 4.69) is 5.10 Å². The second kappa shape index (κ2) is 6.95. The minimum Gasteiger partial charge on any atom is -0.454 e. The van der Waals surface area contributed by atoms with Crippen molar-refractivity contribution in [1.82, 2.24) is 18.9 Å². The van der Waals surface area contributed by atoms with Gasteiger partial charge in [-0.15, -0.1) is 0 Å². The molecule has 1 aliphatic rings. The molecule has 2 heterocycles. The Hall–Kier alpha value is -3.42. The second-order valence-corrected chi connectivity index (χ2v) is 6.83. The maximum Gasteiger partial charge on any atom is 0.359 e. The average Bonchev–Trinajstić information content (AvgIpc) is 3.31. The Morgan fingerprint density at radius 2 is 1.86 bits per heavy atom. The van der Waals surface area contributed by atoms with Crippen LogP contribution >= 0.6 is 0 Å². The minimum atomic E-state index is -0.555. The highest BCUT2D eigenvalue weighted by molar-refractivity contribution is 5.89. The van der Waals surface area contributed by atoms with Crippen LogP contribution in [0.5, 0.6) is 0 Å². The molecule has 0 saturated carbocycles. The Bertz CT molecular complexity index is 1170. The molecule has 28 heavy (non-hydrogen) atoms. The zero-order valence-electron chi connectivity index (χ0n) is 15.7. The summed E-state index contributed by atoms with van der Waals surface area (Å²) >= 11 is 0. The molecular formula is C20H20N4O4. The quantitative estimate of drug-likeness (QED) is 0.633. The molecule has 0 atom stereocenters. The molecule has 0 N–H and O–H groups in total. The third kappa shape index (κ3) is 2.96. The molecule has 2 aromatic heterocycles. The molecule has 1 aliphatic carbocycles. The van der Waals surface area contributed by atoms with Gasteiger partial charge in [-0.2, -0.15) is 5.10 Å². The average molecular weight is 380 g/mol. The van der Waals surface area contributed by atoms with Crippen LogP contribution in [0.15, 0.2) is 46.0 Å². The van der Waals surface area contributed by atoms with Crippen LogP contribution in [0.2, 0.25) is 0 Å². The standard InChI is InChI=1S/C20H20N4O4/c1-22-14(11-17(25)23(2)20(22)27)12-28-19(26)18-15-9-6-10-16(15)24(21-18)13-7-4-3-5-8-13/h3-5,7-8,11H,6,9-10,12H2,1-2H3. The predicted molar refractivity (Wildman–Crippen MR) is 102 cm³/mol. The van der Waals surface area contributed by atoms with Gasteiger partial charge in [0.05, 0.1) is 11.4 Å². The lowest BCUT2D eigenvalue weighted by Crippen LogP contribution is -2.38. The summed E-state index contributed by atoms with van der Waals surface area (Å²) in [6.45, 7) is -0.173. The van der Waals surface area contributed by atoms with Crippen molar-refractivity contribution in [2.45, 2.75) is 25.9 Å². The molecule has 0 fully saturated rings. The number of ether oxygens (including phenoxy) is 1. The summed E-state index contributed by atoms with van der Waals surface area (Å²) in [6, 6.07) is 10.9. The van der Waals surface area contributed by atoms with E-state index in [-0.39, 0.29) is 6.61 Å². The van der Waals surface area contributed by atoms with Crippen molar-refractivity contribution in [3.63, 3.8) is 0 Å². The van der Waals surface area contributed by atoms with E-state index < -0.39 is 17.2 Å². The van der Waals surface area contributed by atoms with Crippen molar-refractivity contribution in [3.8, 4) is 5.69 Å². The van der Waals surface area contributed by atoms with Crippen molar-refractivity contribution in [3.05, 3.63) is 79.9 Å². The number of hydrogen-bond donors (Lipinski definition) is 0. The Balaban J connectivity index is 1.62. The highest BCUT2D eigenvalue weighted by Gasteiger charge is 2.28. The molecule has 0 spiro atoms. The molecule has 4 rings (SSSR count). The lowest BCUT2D eigenvalue weighted by atomic mass is 10.2. The summed E-state index contributed by atoms with van der Waals surface area (Å²) in [4.78, 5) is 36.5. The van der Waals surface area contributed by atoms with Gasteiger partial charge in [-0.25, -0.2) is 14.3 Å². The van der Waals surface area contributed by atoms with Crippen LogP contribution in [-0.4, -0.2) is 24.9 Å². The van der Waals surface area contributed by atoms with Crippen LogP contribution in [0.1, 0.15) is 33.9 Å². The van der Waals surface area contributed by atoms with E-state index >= 15 is 0 Å². The number of fused-ring (bicyclic) bond motifs is 1. The van der Waals surface area contributed by atoms with E-state index in [1.807, 2.05) is 30.3 Å².